The highest BCUT2D eigenvalue weighted by atomic mass is 16.6. The Labute approximate surface area is 89.6 Å². The minimum Gasteiger partial charge on any atom is -0.458 e. The average molecular weight is 212 g/mol. The van der Waals surface area contributed by atoms with Gasteiger partial charge in [-0.2, -0.15) is 0 Å². The average Bonchev–Trinajstić information content (AvgIpc) is 2.16. The molecule has 0 aromatic carbocycles. The van der Waals surface area contributed by atoms with Gasteiger partial charge in [-0.3, -0.25) is 9.59 Å². The predicted octanol–water partition coefficient (Wildman–Crippen LogP) is 1.61. The third-order valence-corrected chi connectivity index (χ3v) is 1.59. The van der Waals surface area contributed by atoms with Gasteiger partial charge in [0.1, 0.15) is 18.6 Å². The molecule has 4 heteroatoms. The van der Waals surface area contributed by atoms with Gasteiger partial charge >= 0.3 is 11.9 Å². The zero-order valence-corrected chi connectivity index (χ0v) is 9.06. The molecule has 0 spiro atoms. The molecule has 0 aromatic rings. The van der Waals surface area contributed by atoms with Crippen molar-refractivity contribution in [2.45, 2.75) is 32.5 Å². The first-order valence-corrected chi connectivity index (χ1v) is 4.63. The number of hydrogen-bond acceptors (Lipinski definition) is 4. The van der Waals surface area contributed by atoms with Crippen LogP contribution < -0.4 is 0 Å². The largest absolute Gasteiger partial charge is 0.458 e. The van der Waals surface area contributed by atoms with Crippen molar-refractivity contribution in [3.8, 4) is 0 Å². The van der Waals surface area contributed by atoms with Crippen molar-refractivity contribution in [3.63, 3.8) is 0 Å². The van der Waals surface area contributed by atoms with Gasteiger partial charge in [-0.05, 0) is 13.8 Å². The molecule has 0 radical (unpaired) electrons. The molecule has 0 amide bonds. The highest BCUT2D eigenvalue weighted by molar-refractivity contribution is 5.91. The van der Waals surface area contributed by atoms with E-state index in [1.165, 1.54) is 12.2 Å². The molecule has 2 atom stereocenters. The summed E-state index contributed by atoms with van der Waals surface area (Å²) in [6.45, 7) is 10.2. The van der Waals surface area contributed by atoms with Crippen molar-refractivity contribution in [2.24, 2.45) is 0 Å². The van der Waals surface area contributed by atoms with Crippen LogP contribution >= 0.6 is 0 Å². The molecular weight excluding hydrogens is 196 g/mol. The van der Waals surface area contributed by atoms with E-state index in [-0.39, 0.29) is 0 Å². The lowest BCUT2D eigenvalue weighted by molar-refractivity contribution is -0.157. The Balaban J connectivity index is 3.91. The number of carbonyl (C=O) groups excluding carboxylic acids is 2. The van der Waals surface area contributed by atoms with Crippen molar-refractivity contribution in [3.05, 3.63) is 25.3 Å². The second kappa shape index (κ2) is 6.81. The summed E-state index contributed by atoms with van der Waals surface area (Å²) in [7, 11) is 0. The minimum atomic E-state index is -0.622. The van der Waals surface area contributed by atoms with Gasteiger partial charge in [-0.25, -0.2) is 0 Å². The van der Waals surface area contributed by atoms with Crippen molar-refractivity contribution in [1.29, 1.82) is 0 Å². The maximum Gasteiger partial charge on any atom is 0.317 e. The van der Waals surface area contributed by atoms with Gasteiger partial charge in [0.25, 0.3) is 0 Å². The van der Waals surface area contributed by atoms with Crippen LogP contribution in [-0.4, -0.2) is 24.1 Å². The Hall–Kier alpha value is -1.58. The predicted molar refractivity (Wildman–Crippen MR) is 56.1 cm³/mol. The number of ether oxygens (including phenoxy) is 2. The maximum absolute atomic E-state index is 11.1. The fourth-order valence-corrected chi connectivity index (χ4v) is 0.712. The third kappa shape index (κ3) is 6.49. The molecule has 0 aliphatic rings. The molecule has 0 saturated heterocycles. The van der Waals surface area contributed by atoms with Crippen LogP contribution in [0.3, 0.4) is 0 Å². The van der Waals surface area contributed by atoms with E-state index in [0.29, 0.717) is 0 Å². The van der Waals surface area contributed by atoms with E-state index in [9.17, 15) is 9.59 Å². The summed E-state index contributed by atoms with van der Waals surface area (Å²) in [5, 5.41) is 0. The zero-order valence-electron chi connectivity index (χ0n) is 9.06. The smallest absolute Gasteiger partial charge is 0.317 e. The van der Waals surface area contributed by atoms with Crippen molar-refractivity contribution in [2.75, 3.05) is 0 Å². The van der Waals surface area contributed by atoms with Gasteiger partial charge in [0.2, 0.25) is 0 Å². The summed E-state index contributed by atoms with van der Waals surface area (Å²) in [6.07, 6.45) is 1.74. The zero-order chi connectivity index (χ0) is 11.8. The topological polar surface area (TPSA) is 52.6 Å². The van der Waals surface area contributed by atoms with E-state index in [2.05, 4.69) is 13.2 Å². The SMILES string of the molecule is C=C[C@@H](C)OC(=O)CC(=O)O[C@H](C)C=C. The highest BCUT2D eigenvalue weighted by Gasteiger charge is 2.15. The molecule has 0 aliphatic heterocycles. The Morgan fingerprint density at radius 2 is 1.40 bits per heavy atom. The van der Waals surface area contributed by atoms with Gasteiger partial charge in [0, 0.05) is 0 Å². The number of rotatable bonds is 6. The molecule has 0 aromatic heterocycles. The van der Waals surface area contributed by atoms with Gasteiger partial charge < -0.3 is 9.47 Å². The minimum absolute atomic E-state index is 0.393. The first-order chi connectivity index (χ1) is 6.99. The molecule has 84 valence electrons. The van der Waals surface area contributed by atoms with Crippen LogP contribution in [-0.2, 0) is 19.1 Å². The second-order valence-electron chi connectivity index (χ2n) is 3.04. The van der Waals surface area contributed by atoms with E-state index in [1.807, 2.05) is 0 Å². The van der Waals surface area contributed by atoms with E-state index >= 15 is 0 Å². The Kier molecular flexibility index (Phi) is 6.09. The molecule has 0 aliphatic carbocycles. The number of hydrogen-bond donors (Lipinski definition) is 0. The molecule has 0 unspecified atom stereocenters. The summed E-state index contributed by atoms with van der Waals surface area (Å²) < 4.78 is 9.60. The van der Waals surface area contributed by atoms with Crippen LogP contribution in [0.4, 0.5) is 0 Å². The Morgan fingerprint density at radius 3 is 1.67 bits per heavy atom. The molecule has 0 N–H and O–H groups in total. The van der Waals surface area contributed by atoms with E-state index in [1.54, 1.807) is 13.8 Å². The van der Waals surface area contributed by atoms with Crippen LogP contribution in [0.25, 0.3) is 0 Å². The summed E-state index contributed by atoms with van der Waals surface area (Å²) in [4.78, 5) is 22.2. The maximum atomic E-state index is 11.1. The second-order valence-corrected chi connectivity index (χ2v) is 3.04. The molecule has 15 heavy (non-hydrogen) atoms. The van der Waals surface area contributed by atoms with Crippen molar-refractivity contribution in [1.82, 2.24) is 0 Å². The van der Waals surface area contributed by atoms with E-state index < -0.39 is 30.6 Å². The summed E-state index contributed by atoms with van der Waals surface area (Å²) in [6, 6.07) is 0. The highest BCUT2D eigenvalue weighted by Crippen LogP contribution is 1.99. The van der Waals surface area contributed by atoms with Crippen LogP contribution in [0.2, 0.25) is 0 Å². The monoisotopic (exact) mass is 212 g/mol. The van der Waals surface area contributed by atoms with Gasteiger partial charge in [0.05, 0.1) is 0 Å². The van der Waals surface area contributed by atoms with E-state index in [0.717, 1.165) is 0 Å². The summed E-state index contributed by atoms with van der Waals surface area (Å²) in [5.74, 6) is -1.24. The Bertz CT molecular complexity index is 231. The molecule has 0 bridgehead atoms. The molecule has 0 rings (SSSR count). The molecule has 0 saturated carbocycles. The number of carbonyl (C=O) groups is 2. The normalized spacial score (nSPS) is 13.5. The summed E-state index contributed by atoms with van der Waals surface area (Å²) >= 11 is 0. The molecule has 0 heterocycles. The lowest BCUT2D eigenvalue weighted by Gasteiger charge is -2.10. The molecular formula is C11H16O4. The van der Waals surface area contributed by atoms with Crippen molar-refractivity contribution < 1.29 is 19.1 Å². The lowest BCUT2D eigenvalue weighted by atomic mass is 10.3. The quantitative estimate of drug-likeness (QED) is 0.381. The van der Waals surface area contributed by atoms with Crippen LogP contribution in [0.15, 0.2) is 25.3 Å². The third-order valence-electron chi connectivity index (χ3n) is 1.59. The van der Waals surface area contributed by atoms with E-state index in [4.69, 9.17) is 9.47 Å². The van der Waals surface area contributed by atoms with Gasteiger partial charge in [-0.15, -0.1) is 0 Å². The first-order valence-electron chi connectivity index (χ1n) is 4.63. The van der Waals surface area contributed by atoms with Gasteiger partial charge in [-0.1, -0.05) is 25.3 Å². The van der Waals surface area contributed by atoms with Gasteiger partial charge in [0.15, 0.2) is 0 Å². The van der Waals surface area contributed by atoms with Crippen LogP contribution in [0.5, 0.6) is 0 Å². The van der Waals surface area contributed by atoms with Crippen LogP contribution in [0, 0.1) is 0 Å². The Morgan fingerprint density at radius 1 is 1.07 bits per heavy atom. The fourth-order valence-electron chi connectivity index (χ4n) is 0.712. The lowest BCUT2D eigenvalue weighted by Crippen LogP contribution is -2.20. The molecule has 0 fully saturated rings. The first kappa shape index (κ1) is 13.4. The fraction of sp³-hybridized carbons (Fsp3) is 0.455. The van der Waals surface area contributed by atoms with Crippen molar-refractivity contribution >= 4 is 11.9 Å². The number of esters is 2. The summed E-state index contributed by atoms with van der Waals surface area (Å²) in [5.41, 5.74) is 0. The molecule has 4 nitrogen and oxygen atoms in total. The van der Waals surface area contributed by atoms with Crippen LogP contribution in [0.1, 0.15) is 20.3 Å². The standard InChI is InChI=1S/C11H16O4/c1-5-8(3)14-10(12)7-11(13)15-9(4)6-2/h5-6,8-9H,1-2,7H2,3-4H3/t8-,9-/m1/s1.